The first-order chi connectivity index (χ1) is 14.2. The number of ether oxygens (including phenoxy) is 1. The lowest BCUT2D eigenvalue weighted by molar-refractivity contribution is -0.121. The molecule has 29 heavy (non-hydrogen) atoms. The Morgan fingerprint density at radius 3 is 2.66 bits per heavy atom. The first-order valence-electron chi connectivity index (χ1n) is 10.2. The van der Waals surface area contributed by atoms with Gasteiger partial charge < -0.3 is 9.30 Å². The second-order valence-corrected chi connectivity index (χ2v) is 7.51. The summed E-state index contributed by atoms with van der Waals surface area (Å²) in [4.78, 5) is 12.4. The van der Waals surface area contributed by atoms with Crippen LogP contribution in [-0.4, -0.2) is 23.3 Å². The van der Waals surface area contributed by atoms with E-state index in [2.05, 4.69) is 39.4 Å². The summed E-state index contributed by atoms with van der Waals surface area (Å²) >= 11 is 0. The number of amides is 1. The summed E-state index contributed by atoms with van der Waals surface area (Å²) in [6.07, 6.45) is 5.12. The average Bonchev–Trinajstić information content (AvgIpc) is 3.10. The highest BCUT2D eigenvalue weighted by Gasteiger charge is 2.19. The topological polar surface area (TPSA) is 55.6 Å². The Balaban J connectivity index is 1.43. The molecule has 150 valence electrons. The lowest BCUT2D eigenvalue weighted by atomic mass is 9.95. The number of aryl methyl sites for hydroxylation is 2. The minimum atomic E-state index is -0.0693. The number of hydrazone groups is 1. The molecule has 0 atom stereocenters. The number of para-hydroxylation sites is 1. The third kappa shape index (κ3) is 4.04. The number of hydrogen-bond donors (Lipinski definition) is 1. The van der Waals surface area contributed by atoms with Crippen LogP contribution in [0.15, 0.2) is 53.6 Å². The quantitative estimate of drug-likeness (QED) is 0.500. The molecule has 5 heteroatoms. The van der Waals surface area contributed by atoms with Crippen molar-refractivity contribution in [2.45, 2.75) is 45.6 Å². The van der Waals surface area contributed by atoms with Crippen LogP contribution in [0, 0.1) is 0 Å². The van der Waals surface area contributed by atoms with Gasteiger partial charge >= 0.3 is 0 Å². The Hall–Kier alpha value is -3.08. The van der Waals surface area contributed by atoms with Gasteiger partial charge in [-0.2, -0.15) is 5.10 Å². The standard InChI is InChI=1S/C24H27N3O2/c1-17(18-11-13-19(29-2)14-12-18)25-26-24(28)15-16-27-22-9-5-3-7-20(22)21-8-4-6-10-23(21)27/h3,5,7,9,11-14H,4,6,8,10,15-16H2,1-2H3,(H,26,28). The van der Waals surface area contributed by atoms with Gasteiger partial charge in [0.05, 0.1) is 12.8 Å². The maximum absolute atomic E-state index is 12.4. The number of fused-ring (bicyclic) bond motifs is 3. The molecule has 1 amide bonds. The molecule has 1 heterocycles. The number of carbonyl (C=O) groups is 1. The predicted molar refractivity (Wildman–Crippen MR) is 117 cm³/mol. The van der Waals surface area contributed by atoms with Gasteiger partial charge in [0.15, 0.2) is 0 Å². The summed E-state index contributed by atoms with van der Waals surface area (Å²) in [5.74, 6) is 0.730. The third-order valence-corrected chi connectivity index (χ3v) is 5.70. The number of rotatable bonds is 6. The van der Waals surface area contributed by atoms with E-state index in [1.807, 2.05) is 31.2 Å². The van der Waals surface area contributed by atoms with Crippen molar-refractivity contribution >= 4 is 22.5 Å². The third-order valence-electron chi connectivity index (χ3n) is 5.70. The number of benzene rings is 2. The van der Waals surface area contributed by atoms with Crippen molar-refractivity contribution in [1.29, 1.82) is 0 Å². The molecule has 0 spiro atoms. The maximum atomic E-state index is 12.4. The molecule has 0 aliphatic heterocycles. The molecule has 0 saturated heterocycles. The van der Waals surface area contributed by atoms with Crippen molar-refractivity contribution in [2.24, 2.45) is 5.10 Å². The zero-order valence-electron chi connectivity index (χ0n) is 17.1. The molecule has 2 aromatic carbocycles. The van der Waals surface area contributed by atoms with Crippen LogP contribution in [0.25, 0.3) is 10.9 Å². The number of carbonyl (C=O) groups excluding carboxylic acids is 1. The molecule has 0 radical (unpaired) electrons. The summed E-state index contributed by atoms with van der Waals surface area (Å²) in [6.45, 7) is 2.57. The number of aromatic nitrogens is 1. The largest absolute Gasteiger partial charge is 0.497 e. The van der Waals surface area contributed by atoms with Crippen LogP contribution in [0.3, 0.4) is 0 Å². The molecule has 1 aliphatic rings. The second kappa shape index (κ2) is 8.52. The summed E-state index contributed by atoms with van der Waals surface area (Å²) in [5.41, 5.74) is 8.55. The van der Waals surface area contributed by atoms with Gasteiger partial charge in [0.2, 0.25) is 5.91 Å². The fourth-order valence-electron chi connectivity index (χ4n) is 4.15. The van der Waals surface area contributed by atoms with Crippen LogP contribution < -0.4 is 10.2 Å². The van der Waals surface area contributed by atoms with Crippen LogP contribution in [-0.2, 0) is 24.2 Å². The van der Waals surface area contributed by atoms with Crippen LogP contribution in [0.4, 0.5) is 0 Å². The Kier molecular flexibility index (Phi) is 5.65. The van der Waals surface area contributed by atoms with E-state index >= 15 is 0 Å². The first kappa shape index (κ1) is 19.2. The van der Waals surface area contributed by atoms with Gasteiger partial charge in [0.25, 0.3) is 0 Å². The summed E-state index contributed by atoms with van der Waals surface area (Å²) in [6, 6.07) is 16.2. The van der Waals surface area contributed by atoms with Gasteiger partial charge in [-0.25, -0.2) is 5.43 Å². The van der Waals surface area contributed by atoms with Gasteiger partial charge in [-0.3, -0.25) is 4.79 Å². The van der Waals surface area contributed by atoms with Crippen molar-refractivity contribution < 1.29 is 9.53 Å². The SMILES string of the molecule is COc1ccc(C(C)=NNC(=O)CCn2c3c(c4ccccc42)CCCC3)cc1. The van der Waals surface area contributed by atoms with Gasteiger partial charge in [0, 0.05) is 29.6 Å². The van der Waals surface area contributed by atoms with E-state index < -0.39 is 0 Å². The zero-order chi connectivity index (χ0) is 20.2. The minimum absolute atomic E-state index is 0.0693. The average molecular weight is 389 g/mol. The van der Waals surface area contributed by atoms with Crippen LogP contribution in [0.5, 0.6) is 5.75 Å². The van der Waals surface area contributed by atoms with Crippen molar-refractivity contribution in [2.75, 3.05) is 7.11 Å². The van der Waals surface area contributed by atoms with E-state index in [1.54, 1.807) is 7.11 Å². The molecule has 0 fully saturated rings. The molecular formula is C24H27N3O2. The van der Waals surface area contributed by atoms with E-state index in [-0.39, 0.29) is 5.91 Å². The lowest BCUT2D eigenvalue weighted by Crippen LogP contribution is -2.21. The summed E-state index contributed by atoms with van der Waals surface area (Å²) in [7, 11) is 1.64. The molecule has 3 aromatic rings. The van der Waals surface area contributed by atoms with Gasteiger partial charge in [-0.1, -0.05) is 18.2 Å². The van der Waals surface area contributed by atoms with Crippen molar-refractivity contribution in [3.8, 4) is 5.75 Å². The predicted octanol–water partition coefficient (Wildman–Crippen LogP) is 4.46. The highest BCUT2D eigenvalue weighted by atomic mass is 16.5. The van der Waals surface area contributed by atoms with Crippen molar-refractivity contribution in [3.05, 3.63) is 65.4 Å². The molecular weight excluding hydrogens is 362 g/mol. The zero-order valence-corrected chi connectivity index (χ0v) is 17.1. The molecule has 0 saturated carbocycles. The normalized spacial score (nSPS) is 13.9. The van der Waals surface area contributed by atoms with Gasteiger partial charge in [-0.05, 0) is 74.1 Å². The molecule has 0 unspecified atom stereocenters. The molecule has 1 aliphatic carbocycles. The van der Waals surface area contributed by atoms with Gasteiger partial charge in [0.1, 0.15) is 5.75 Å². The lowest BCUT2D eigenvalue weighted by Gasteiger charge is -2.15. The monoisotopic (exact) mass is 389 g/mol. The van der Waals surface area contributed by atoms with Crippen LogP contribution in [0.2, 0.25) is 0 Å². The van der Waals surface area contributed by atoms with Crippen LogP contribution in [0.1, 0.15) is 43.0 Å². The number of nitrogens with one attached hydrogen (secondary N) is 1. The molecule has 4 rings (SSSR count). The molecule has 0 bridgehead atoms. The molecule has 1 aromatic heterocycles. The number of nitrogens with zero attached hydrogens (tertiary/aromatic N) is 2. The Morgan fingerprint density at radius 1 is 1.10 bits per heavy atom. The van der Waals surface area contributed by atoms with Gasteiger partial charge in [-0.15, -0.1) is 0 Å². The maximum Gasteiger partial charge on any atom is 0.241 e. The highest BCUT2D eigenvalue weighted by molar-refractivity contribution is 5.99. The fourth-order valence-corrected chi connectivity index (χ4v) is 4.15. The van der Waals surface area contributed by atoms with E-state index in [1.165, 1.54) is 35.0 Å². The minimum Gasteiger partial charge on any atom is -0.497 e. The van der Waals surface area contributed by atoms with E-state index in [0.717, 1.165) is 29.9 Å². The van der Waals surface area contributed by atoms with E-state index in [0.29, 0.717) is 13.0 Å². The number of methoxy groups -OCH3 is 1. The fraction of sp³-hybridized carbons (Fsp3) is 0.333. The van der Waals surface area contributed by atoms with E-state index in [9.17, 15) is 4.79 Å². The Labute approximate surface area is 171 Å². The summed E-state index contributed by atoms with van der Waals surface area (Å²) < 4.78 is 7.51. The smallest absolute Gasteiger partial charge is 0.241 e. The highest BCUT2D eigenvalue weighted by Crippen LogP contribution is 2.32. The second-order valence-electron chi connectivity index (χ2n) is 7.51. The first-order valence-corrected chi connectivity index (χ1v) is 10.2. The van der Waals surface area contributed by atoms with E-state index in [4.69, 9.17) is 4.74 Å². The molecule has 5 nitrogen and oxygen atoms in total. The van der Waals surface area contributed by atoms with Crippen molar-refractivity contribution in [3.63, 3.8) is 0 Å². The Bertz CT molecular complexity index is 1050. The van der Waals surface area contributed by atoms with Crippen molar-refractivity contribution in [1.82, 2.24) is 9.99 Å². The molecule has 1 N–H and O–H groups in total. The summed E-state index contributed by atoms with van der Waals surface area (Å²) in [5, 5.41) is 5.61. The van der Waals surface area contributed by atoms with Crippen LogP contribution >= 0.6 is 0 Å². The Morgan fingerprint density at radius 2 is 1.86 bits per heavy atom. The number of hydrogen-bond acceptors (Lipinski definition) is 3.